The van der Waals surface area contributed by atoms with Crippen LogP contribution in [0.5, 0.6) is 0 Å². The van der Waals surface area contributed by atoms with Gasteiger partial charge in [0, 0.05) is 16.8 Å². The van der Waals surface area contributed by atoms with E-state index in [1.165, 1.54) is 0 Å². The number of nitrogens with zero attached hydrogens (tertiary/aromatic N) is 1. The summed E-state index contributed by atoms with van der Waals surface area (Å²) in [5, 5.41) is 13.6. The van der Waals surface area contributed by atoms with Crippen molar-refractivity contribution in [3.8, 4) is 11.3 Å². The molecule has 0 unspecified atom stereocenters. The maximum Gasteiger partial charge on any atom is 0.272 e. The summed E-state index contributed by atoms with van der Waals surface area (Å²) < 4.78 is 2.04. The van der Waals surface area contributed by atoms with Crippen molar-refractivity contribution in [3.63, 3.8) is 0 Å². The Morgan fingerprint density at radius 2 is 1.76 bits per heavy atom. The Kier molecular flexibility index (Phi) is 5.31. The van der Waals surface area contributed by atoms with Gasteiger partial charge in [-0.15, -0.1) is 0 Å². The average molecular weight is 492 g/mol. The van der Waals surface area contributed by atoms with Gasteiger partial charge in [0.05, 0.1) is 22.3 Å². The number of aliphatic hydroxyl groups is 1. The van der Waals surface area contributed by atoms with Crippen molar-refractivity contribution in [3.05, 3.63) is 105 Å². The summed E-state index contributed by atoms with van der Waals surface area (Å²) in [5.41, 5.74) is 7.05. The molecule has 1 saturated carbocycles. The van der Waals surface area contributed by atoms with Crippen molar-refractivity contribution in [1.29, 1.82) is 0 Å². The van der Waals surface area contributed by atoms with Crippen molar-refractivity contribution in [2.75, 3.05) is 5.32 Å². The Morgan fingerprint density at radius 3 is 2.46 bits per heavy atom. The lowest BCUT2D eigenvalue weighted by molar-refractivity contribution is 0.0787. The zero-order valence-corrected chi connectivity index (χ0v) is 21.1. The van der Waals surface area contributed by atoms with Gasteiger partial charge in [-0.3, -0.25) is 9.59 Å². The lowest BCUT2D eigenvalue weighted by Crippen LogP contribution is -2.16. The van der Waals surface area contributed by atoms with Crippen molar-refractivity contribution >= 4 is 28.1 Å². The minimum absolute atomic E-state index is 0.163. The number of hydrogen-bond donors (Lipinski definition) is 3. The molecule has 0 radical (unpaired) electrons. The summed E-state index contributed by atoms with van der Waals surface area (Å²) in [6.07, 6.45) is 2.18. The molecule has 186 valence electrons. The molecular formula is C31H29N3O3. The van der Waals surface area contributed by atoms with E-state index in [0.29, 0.717) is 22.5 Å². The van der Waals surface area contributed by atoms with Crippen LogP contribution in [-0.4, -0.2) is 20.4 Å². The lowest BCUT2D eigenvalue weighted by atomic mass is 9.97. The highest BCUT2D eigenvalue weighted by atomic mass is 16.3. The number of carbonyl (C=O) groups excluding carboxylic acids is 1. The van der Waals surface area contributed by atoms with Gasteiger partial charge in [-0.1, -0.05) is 36.4 Å². The molecule has 1 aliphatic rings. The predicted molar refractivity (Wildman–Crippen MR) is 147 cm³/mol. The SMILES string of the molecule is Cc1c(NC(=O)c2ccccc2)cccc1-c1c(C2CC2)cc2c(=O)[nH]c3cc(C(C)(C)O)ccc3n12. The molecule has 0 atom stereocenters. The van der Waals surface area contributed by atoms with Crippen molar-refractivity contribution in [2.45, 2.75) is 45.1 Å². The number of aromatic nitrogens is 2. The largest absolute Gasteiger partial charge is 0.386 e. The topological polar surface area (TPSA) is 86.6 Å². The summed E-state index contributed by atoms with van der Waals surface area (Å²) in [5.74, 6) is 0.242. The maximum atomic E-state index is 13.3. The zero-order valence-electron chi connectivity index (χ0n) is 21.1. The second-order valence-corrected chi connectivity index (χ2v) is 10.5. The molecule has 3 aromatic carbocycles. The van der Waals surface area contributed by atoms with E-state index in [2.05, 4.69) is 16.4 Å². The van der Waals surface area contributed by atoms with E-state index in [-0.39, 0.29) is 11.5 Å². The minimum atomic E-state index is -1.03. The van der Waals surface area contributed by atoms with E-state index in [1.807, 2.05) is 65.9 Å². The van der Waals surface area contributed by atoms with Crippen LogP contribution in [0.2, 0.25) is 0 Å². The van der Waals surface area contributed by atoms with Crippen LogP contribution < -0.4 is 10.9 Å². The number of carbonyl (C=O) groups is 1. The lowest BCUT2D eigenvalue weighted by Gasteiger charge is -2.19. The molecule has 0 bridgehead atoms. The van der Waals surface area contributed by atoms with Crippen LogP contribution in [0.1, 0.15) is 59.7 Å². The first kappa shape index (κ1) is 23.3. The average Bonchev–Trinajstić information content (AvgIpc) is 3.64. The molecule has 0 spiro atoms. The molecule has 0 aliphatic heterocycles. The van der Waals surface area contributed by atoms with Crippen molar-refractivity contribution < 1.29 is 9.90 Å². The van der Waals surface area contributed by atoms with Gasteiger partial charge in [-0.2, -0.15) is 0 Å². The fourth-order valence-corrected chi connectivity index (χ4v) is 5.14. The number of aromatic amines is 1. The van der Waals surface area contributed by atoms with Crippen molar-refractivity contribution in [1.82, 2.24) is 9.38 Å². The van der Waals surface area contributed by atoms with Gasteiger partial charge < -0.3 is 19.8 Å². The molecule has 6 nitrogen and oxygen atoms in total. The quantitative estimate of drug-likeness (QED) is 0.277. The Balaban J connectivity index is 1.57. The number of anilines is 1. The predicted octanol–water partition coefficient (Wildman–Crippen LogP) is 6.11. The van der Waals surface area contributed by atoms with Crippen LogP contribution in [-0.2, 0) is 5.60 Å². The van der Waals surface area contributed by atoms with Crippen LogP contribution in [0.4, 0.5) is 5.69 Å². The first-order valence-corrected chi connectivity index (χ1v) is 12.6. The second kappa shape index (κ2) is 8.46. The van der Waals surface area contributed by atoms with E-state index < -0.39 is 5.60 Å². The number of hydrogen-bond acceptors (Lipinski definition) is 3. The number of benzene rings is 3. The first-order valence-electron chi connectivity index (χ1n) is 12.6. The molecule has 1 amide bonds. The molecule has 2 heterocycles. The van der Waals surface area contributed by atoms with Gasteiger partial charge in [0.15, 0.2) is 0 Å². The van der Waals surface area contributed by atoms with Gasteiger partial charge in [0.2, 0.25) is 0 Å². The molecule has 3 N–H and O–H groups in total. The van der Waals surface area contributed by atoms with Gasteiger partial charge in [-0.25, -0.2) is 0 Å². The van der Waals surface area contributed by atoms with Crippen LogP contribution in [0.15, 0.2) is 77.6 Å². The number of rotatable bonds is 5. The van der Waals surface area contributed by atoms with Crippen LogP contribution in [0.3, 0.4) is 0 Å². The Bertz CT molecular complexity index is 1740. The summed E-state index contributed by atoms with van der Waals surface area (Å²) in [6.45, 7) is 5.47. The molecule has 5 aromatic rings. The molecule has 2 aromatic heterocycles. The van der Waals surface area contributed by atoms with Crippen LogP contribution >= 0.6 is 0 Å². The standard InChI is InChI=1S/C31H29N3O3/c1-18-22(10-7-11-24(18)32-29(35)20-8-5-4-6-9-20)28-23(19-12-13-19)17-27-30(36)33-25-16-21(31(2,3)37)14-15-26(25)34(27)28/h4-11,14-17,19,37H,12-13H2,1-3H3,(H,32,35)(H,33,36). The summed E-state index contributed by atoms with van der Waals surface area (Å²) in [7, 11) is 0. The Hall–Kier alpha value is -4.16. The first-order chi connectivity index (χ1) is 17.7. The molecule has 1 fully saturated rings. The third-order valence-electron chi connectivity index (χ3n) is 7.35. The van der Waals surface area contributed by atoms with Gasteiger partial charge >= 0.3 is 0 Å². The normalized spacial score (nSPS) is 13.8. The Labute approximate surface area is 214 Å². The van der Waals surface area contributed by atoms with Gasteiger partial charge in [-0.05, 0) is 92.6 Å². The van der Waals surface area contributed by atoms with E-state index in [1.54, 1.807) is 26.0 Å². The van der Waals surface area contributed by atoms with Crippen molar-refractivity contribution in [2.24, 2.45) is 0 Å². The van der Waals surface area contributed by atoms with Crippen LogP contribution in [0.25, 0.3) is 27.8 Å². The molecular weight excluding hydrogens is 462 g/mol. The number of amides is 1. The van der Waals surface area contributed by atoms with E-state index >= 15 is 0 Å². The highest BCUT2D eigenvalue weighted by Gasteiger charge is 2.31. The highest BCUT2D eigenvalue weighted by molar-refractivity contribution is 6.05. The van der Waals surface area contributed by atoms with E-state index in [4.69, 9.17) is 0 Å². The molecule has 37 heavy (non-hydrogen) atoms. The molecule has 6 rings (SSSR count). The smallest absolute Gasteiger partial charge is 0.272 e. The van der Waals surface area contributed by atoms with E-state index in [0.717, 1.165) is 52.0 Å². The summed E-state index contributed by atoms with van der Waals surface area (Å²) in [4.78, 5) is 29.2. The Morgan fingerprint density at radius 1 is 1.00 bits per heavy atom. The highest BCUT2D eigenvalue weighted by Crippen LogP contribution is 2.47. The van der Waals surface area contributed by atoms with Gasteiger partial charge in [0.25, 0.3) is 11.5 Å². The monoisotopic (exact) mass is 491 g/mol. The zero-order chi connectivity index (χ0) is 25.9. The molecule has 1 aliphatic carbocycles. The summed E-state index contributed by atoms with van der Waals surface area (Å²) in [6, 6.07) is 22.8. The summed E-state index contributed by atoms with van der Waals surface area (Å²) >= 11 is 0. The second-order valence-electron chi connectivity index (χ2n) is 10.5. The number of nitrogens with one attached hydrogen (secondary N) is 2. The fourth-order valence-electron chi connectivity index (χ4n) is 5.14. The number of fused-ring (bicyclic) bond motifs is 3. The third-order valence-corrected chi connectivity index (χ3v) is 7.35. The minimum Gasteiger partial charge on any atom is -0.386 e. The molecule has 6 heteroatoms. The third kappa shape index (κ3) is 4.03. The number of H-pyrrole nitrogens is 1. The molecule has 0 saturated heterocycles. The fraction of sp³-hybridized carbons (Fsp3) is 0.226. The maximum absolute atomic E-state index is 13.3. The van der Waals surface area contributed by atoms with E-state index in [9.17, 15) is 14.7 Å². The van der Waals surface area contributed by atoms with Gasteiger partial charge in [0.1, 0.15) is 5.52 Å². The van der Waals surface area contributed by atoms with Crippen LogP contribution in [0, 0.1) is 6.92 Å².